The van der Waals surface area contributed by atoms with Gasteiger partial charge in [0.25, 0.3) is 0 Å². The number of oxime groups is 1. The second kappa shape index (κ2) is 7.14. The lowest BCUT2D eigenvalue weighted by Crippen LogP contribution is -2.35. The molecule has 0 aromatic heterocycles. The van der Waals surface area contributed by atoms with E-state index in [1.807, 2.05) is 0 Å². The van der Waals surface area contributed by atoms with Crippen molar-refractivity contribution in [1.29, 1.82) is 0 Å². The average Bonchev–Trinajstić information content (AvgIpc) is 2.46. The Morgan fingerprint density at radius 3 is 2.89 bits per heavy atom. The highest BCUT2D eigenvalue weighted by Crippen LogP contribution is 2.20. The largest absolute Gasteiger partial charge is 0.409 e. The van der Waals surface area contributed by atoms with Crippen molar-refractivity contribution in [2.75, 3.05) is 6.54 Å². The van der Waals surface area contributed by atoms with Crippen molar-refractivity contribution >= 4 is 5.84 Å². The summed E-state index contributed by atoms with van der Waals surface area (Å²) in [5, 5.41) is 15.0. The maximum atomic E-state index is 8.44. The maximum Gasteiger partial charge on any atom is 0.139 e. The van der Waals surface area contributed by atoms with E-state index in [0.717, 1.165) is 25.8 Å². The fourth-order valence-corrected chi connectivity index (χ4v) is 2.66. The highest BCUT2D eigenvalue weighted by Gasteiger charge is 2.16. The summed E-state index contributed by atoms with van der Waals surface area (Å²) < 4.78 is 0. The van der Waals surface area contributed by atoms with Gasteiger partial charge in [-0.1, -0.05) is 29.4 Å². The number of nitrogens with one attached hydrogen (secondary N) is 1. The van der Waals surface area contributed by atoms with Gasteiger partial charge in [-0.3, -0.25) is 0 Å². The van der Waals surface area contributed by atoms with E-state index < -0.39 is 0 Å². The molecular weight excluding hydrogens is 238 g/mol. The number of benzene rings is 1. The summed E-state index contributed by atoms with van der Waals surface area (Å²) in [7, 11) is 0. The molecule has 0 saturated heterocycles. The monoisotopic (exact) mass is 261 g/mol. The van der Waals surface area contributed by atoms with Gasteiger partial charge in [0.2, 0.25) is 0 Å². The standard InChI is InChI=1S/C15H23N3O/c16-15(18-19)7-3-4-10-17-14-9-8-12-5-1-2-6-13(12)11-14/h1-2,5-6,14,17,19H,3-4,7-11H2,(H2,16,18). The zero-order chi connectivity index (χ0) is 13.5. The van der Waals surface area contributed by atoms with Crippen LogP contribution in [0.25, 0.3) is 0 Å². The number of hydrogen-bond acceptors (Lipinski definition) is 3. The van der Waals surface area contributed by atoms with Crippen LogP contribution < -0.4 is 11.1 Å². The Hall–Kier alpha value is -1.55. The number of unbranched alkanes of at least 4 members (excludes halogenated alkanes) is 1. The van der Waals surface area contributed by atoms with Crippen molar-refractivity contribution in [3.05, 3.63) is 35.4 Å². The van der Waals surface area contributed by atoms with Crippen molar-refractivity contribution in [3.63, 3.8) is 0 Å². The lowest BCUT2D eigenvalue weighted by molar-refractivity contribution is 0.316. The SMILES string of the molecule is NC(CCCCNC1CCc2ccccc2C1)=NO. The van der Waals surface area contributed by atoms with Crippen LogP contribution in [0, 0.1) is 0 Å². The van der Waals surface area contributed by atoms with E-state index in [2.05, 4.69) is 34.7 Å². The first-order valence-electron chi connectivity index (χ1n) is 7.06. The second-order valence-electron chi connectivity index (χ2n) is 5.21. The quantitative estimate of drug-likeness (QED) is 0.241. The third kappa shape index (κ3) is 4.24. The molecule has 1 aromatic rings. The van der Waals surface area contributed by atoms with Crippen molar-refractivity contribution in [1.82, 2.24) is 5.32 Å². The smallest absolute Gasteiger partial charge is 0.139 e. The van der Waals surface area contributed by atoms with Gasteiger partial charge in [-0.25, -0.2) is 0 Å². The van der Waals surface area contributed by atoms with Crippen molar-refractivity contribution in [2.45, 2.75) is 44.6 Å². The van der Waals surface area contributed by atoms with E-state index >= 15 is 0 Å². The molecule has 1 aliphatic rings. The van der Waals surface area contributed by atoms with Crippen LogP contribution in [0.2, 0.25) is 0 Å². The van der Waals surface area contributed by atoms with Gasteiger partial charge in [0.1, 0.15) is 5.84 Å². The summed E-state index contributed by atoms with van der Waals surface area (Å²) in [6, 6.07) is 9.32. The van der Waals surface area contributed by atoms with Gasteiger partial charge in [-0.15, -0.1) is 0 Å². The molecule has 0 heterocycles. The first-order valence-corrected chi connectivity index (χ1v) is 7.06. The predicted molar refractivity (Wildman–Crippen MR) is 77.5 cm³/mol. The Bertz CT molecular complexity index is 431. The minimum Gasteiger partial charge on any atom is -0.409 e. The molecular formula is C15H23N3O. The molecule has 0 fully saturated rings. The minimum atomic E-state index is 0.326. The van der Waals surface area contributed by atoms with Crippen LogP contribution in [0.3, 0.4) is 0 Å². The molecule has 0 bridgehead atoms. The van der Waals surface area contributed by atoms with Gasteiger partial charge in [0, 0.05) is 12.5 Å². The van der Waals surface area contributed by atoms with Crippen molar-refractivity contribution in [3.8, 4) is 0 Å². The van der Waals surface area contributed by atoms with Gasteiger partial charge >= 0.3 is 0 Å². The average molecular weight is 261 g/mol. The van der Waals surface area contributed by atoms with E-state index in [9.17, 15) is 0 Å². The number of amidine groups is 1. The normalized spacial score (nSPS) is 19.2. The molecule has 4 heteroatoms. The molecule has 4 nitrogen and oxygen atoms in total. The third-order valence-corrected chi connectivity index (χ3v) is 3.77. The molecule has 1 unspecified atom stereocenters. The zero-order valence-corrected chi connectivity index (χ0v) is 11.3. The fourth-order valence-electron chi connectivity index (χ4n) is 2.66. The lowest BCUT2D eigenvalue weighted by atomic mass is 9.88. The molecule has 0 spiro atoms. The predicted octanol–water partition coefficient (Wildman–Crippen LogP) is 2.05. The van der Waals surface area contributed by atoms with E-state index in [1.54, 1.807) is 0 Å². The maximum absolute atomic E-state index is 8.44. The summed E-state index contributed by atoms with van der Waals surface area (Å²) in [6.07, 6.45) is 6.23. The van der Waals surface area contributed by atoms with Crippen LogP contribution in [0.5, 0.6) is 0 Å². The summed E-state index contributed by atoms with van der Waals surface area (Å²) in [5.41, 5.74) is 8.43. The number of hydrogen-bond donors (Lipinski definition) is 3. The molecule has 0 saturated carbocycles. The molecule has 1 atom stereocenters. The lowest BCUT2D eigenvalue weighted by Gasteiger charge is -2.25. The Labute approximate surface area is 114 Å². The molecule has 2 rings (SSSR count). The summed E-state index contributed by atoms with van der Waals surface area (Å²) in [4.78, 5) is 0. The van der Waals surface area contributed by atoms with E-state index in [-0.39, 0.29) is 0 Å². The molecule has 0 amide bonds. The van der Waals surface area contributed by atoms with Crippen LogP contribution >= 0.6 is 0 Å². The van der Waals surface area contributed by atoms with Gasteiger partial charge in [-0.05, 0) is 49.8 Å². The first-order chi connectivity index (χ1) is 9.29. The van der Waals surface area contributed by atoms with Crippen LogP contribution in [-0.2, 0) is 12.8 Å². The summed E-state index contributed by atoms with van der Waals surface area (Å²) in [6.45, 7) is 1.01. The van der Waals surface area contributed by atoms with Crippen molar-refractivity contribution in [2.24, 2.45) is 10.9 Å². The highest BCUT2D eigenvalue weighted by atomic mass is 16.4. The van der Waals surface area contributed by atoms with Crippen LogP contribution in [-0.4, -0.2) is 23.6 Å². The Morgan fingerprint density at radius 2 is 2.11 bits per heavy atom. The van der Waals surface area contributed by atoms with E-state index in [1.165, 1.54) is 24.0 Å². The Kier molecular flexibility index (Phi) is 5.21. The molecule has 0 aliphatic heterocycles. The first kappa shape index (κ1) is 13.9. The minimum absolute atomic E-state index is 0.326. The molecule has 19 heavy (non-hydrogen) atoms. The van der Waals surface area contributed by atoms with Gasteiger partial charge in [-0.2, -0.15) is 0 Å². The summed E-state index contributed by atoms with van der Waals surface area (Å²) >= 11 is 0. The molecule has 1 aliphatic carbocycles. The van der Waals surface area contributed by atoms with Crippen molar-refractivity contribution < 1.29 is 5.21 Å². The number of aryl methyl sites for hydroxylation is 1. The van der Waals surface area contributed by atoms with Crippen LogP contribution in [0.15, 0.2) is 29.4 Å². The number of rotatable bonds is 6. The third-order valence-electron chi connectivity index (χ3n) is 3.77. The van der Waals surface area contributed by atoms with Gasteiger partial charge in [0.15, 0.2) is 0 Å². The Balaban J connectivity index is 1.66. The fraction of sp³-hybridized carbons (Fsp3) is 0.533. The number of nitrogens with zero attached hydrogens (tertiary/aromatic N) is 1. The molecule has 4 N–H and O–H groups in total. The van der Waals surface area contributed by atoms with Crippen LogP contribution in [0.4, 0.5) is 0 Å². The molecule has 104 valence electrons. The Morgan fingerprint density at radius 1 is 1.32 bits per heavy atom. The van der Waals surface area contributed by atoms with Gasteiger partial charge in [0.05, 0.1) is 0 Å². The zero-order valence-electron chi connectivity index (χ0n) is 11.3. The molecule has 0 radical (unpaired) electrons. The van der Waals surface area contributed by atoms with Crippen LogP contribution in [0.1, 0.15) is 36.8 Å². The van der Waals surface area contributed by atoms with E-state index in [0.29, 0.717) is 18.3 Å². The summed E-state index contributed by atoms with van der Waals surface area (Å²) in [5.74, 6) is 0.326. The molecule has 1 aromatic carbocycles. The van der Waals surface area contributed by atoms with E-state index in [4.69, 9.17) is 10.9 Å². The number of nitrogens with two attached hydrogens (primary N) is 1. The topological polar surface area (TPSA) is 70.6 Å². The second-order valence-corrected chi connectivity index (χ2v) is 5.21. The number of fused-ring (bicyclic) bond motifs is 1. The highest BCUT2D eigenvalue weighted by molar-refractivity contribution is 5.79. The van der Waals surface area contributed by atoms with Gasteiger partial charge < -0.3 is 16.3 Å².